The smallest absolute Gasteiger partial charge is 0.228 e. The standard InChI is InChI=1S/C17H17NO2/c19-11-16(12-6-2-1-3-7-12)18-17(20)15-10-13-8-4-5-9-14(13)15/h1-9,15-16,19H,10-11H2,(H,18,20). The highest BCUT2D eigenvalue weighted by molar-refractivity contribution is 5.87. The van der Waals surface area contributed by atoms with Crippen LogP contribution in [0.15, 0.2) is 54.6 Å². The van der Waals surface area contributed by atoms with Crippen LogP contribution in [0.5, 0.6) is 0 Å². The van der Waals surface area contributed by atoms with E-state index >= 15 is 0 Å². The zero-order valence-electron chi connectivity index (χ0n) is 11.1. The summed E-state index contributed by atoms with van der Waals surface area (Å²) in [5.74, 6) is -0.0874. The molecule has 0 heterocycles. The Hall–Kier alpha value is -2.13. The largest absolute Gasteiger partial charge is 0.394 e. The van der Waals surface area contributed by atoms with Crippen molar-refractivity contribution in [2.75, 3.05) is 6.61 Å². The van der Waals surface area contributed by atoms with Gasteiger partial charge in [-0.15, -0.1) is 0 Å². The lowest BCUT2D eigenvalue weighted by atomic mass is 9.77. The first-order valence-electron chi connectivity index (χ1n) is 6.83. The van der Waals surface area contributed by atoms with E-state index in [1.165, 1.54) is 5.56 Å². The van der Waals surface area contributed by atoms with Crippen molar-refractivity contribution < 1.29 is 9.90 Å². The van der Waals surface area contributed by atoms with Crippen LogP contribution in [0.25, 0.3) is 0 Å². The molecule has 0 aromatic heterocycles. The summed E-state index contributed by atoms with van der Waals surface area (Å²) >= 11 is 0. The van der Waals surface area contributed by atoms with Crippen LogP contribution in [0.1, 0.15) is 28.7 Å². The number of rotatable bonds is 4. The van der Waals surface area contributed by atoms with Crippen molar-refractivity contribution in [2.24, 2.45) is 0 Å². The first-order valence-corrected chi connectivity index (χ1v) is 6.83. The number of amides is 1. The van der Waals surface area contributed by atoms with E-state index in [2.05, 4.69) is 11.4 Å². The highest BCUT2D eigenvalue weighted by Crippen LogP contribution is 2.35. The van der Waals surface area contributed by atoms with Gasteiger partial charge in [0.15, 0.2) is 0 Å². The molecular weight excluding hydrogens is 250 g/mol. The number of fused-ring (bicyclic) bond motifs is 1. The topological polar surface area (TPSA) is 49.3 Å². The van der Waals surface area contributed by atoms with Crippen molar-refractivity contribution in [1.29, 1.82) is 0 Å². The van der Waals surface area contributed by atoms with Crippen LogP contribution >= 0.6 is 0 Å². The molecule has 1 aliphatic carbocycles. The normalized spacial score (nSPS) is 17.8. The van der Waals surface area contributed by atoms with Crippen LogP contribution in [-0.4, -0.2) is 17.6 Å². The Morgan fingerprint density at radius 3 is 2.55 bits per heavy atom. The Morgan fingerprint density at radius 2 is 1.85 bits per heavy atom. The monoisotopic (exact) mass is 267 g/mol. The summed E-state index contributed by atoms with van der Waals surface area (Å²) in [4.78, 5) is 12.3. The van der Waals surface area contributed by atoms with Crippen molar-refractivity contribution in [3.8, 4) is 0 Å². The Labute approximate surface area is 118 Å². The second-order valence-corrected chi connectivity index (χ2v) is 5.11. The van der Waals surface area contributed by atoms with E-state index in [4.69, 9.17) is 0 Å². The maximum Gasteiger partial charge on any atom is 0.228 e. The summed E-state index contributed by atoms with van der Waals surface area (Å²) < 4.78 is 0. The molecule has 0 spiro atoms. The molecule has 3 rings (SSSR count). The lowest BCUT2D eigenvalue weighted by molar-refractivity contribution is -0.124. The molecule has 1 amide bonds. The number of hydrogen-bond donors (Lipinski definition) is 2. The third-order valence-corrected chi connectivity index (χ3v) is 3.87. The molecule has 0 aliphatic heterocycles. The molecule has 0 saturated heterocycles. The fourth-order valence-electron chi connectivity index (χ4n) is 2.68. The number of nitrogens with one attached hydrogen (secondary N) is 1. The molecule has 2 aromatic carbocycles. The minimum absolute atomic E-state index is 0.00777. The number of hydrogen-bond acceptors (Lipinski definition) is 2. The number of carbonyl (C=O) groups excluding carboxylic acids is 1. The number of aliphatic hydroxyl groups is 1. The summed E-state index contributed by atoms with van der Waals surface area (Å²) in [7, 11) is 0. The predicted octanol–water partition coefficient (Wildman–Crippen LogP) is 2.18. The van der Waals surface area contributed by atoms with E-state index < -0.39 is 0 Å². The summed E-state index contributed by atoms with van der Waals surface area (Å²) in [6, 6.07) is 17.2. The molecule has 2 atom stereocenters. The van der Waals surface area contributed by atoms with Crippen molar-refractivity contribution >= 4 is 5.91 Å². The van der Waals surface area contributed by atoms with E-state index in [-0.39, 0.29) is 24.5 Å². The summed E-state index contributed by atoms with van der Waals surface area (Å²) in [5.41, 5.74) is 3.28. The molecule has 102 valence electrons. The molecule has 2 N–H and O–H groups in total. The second kappa shape index (κ2) is 5.47. The summed E-state index contributed by atoms with van der Waals surface area (Å²) in [6.07, 6.45) is 0.787. The van der Waals surface area contributed by atoms with Gasteiger partial charge >= 0.3 is 0 Å². The molecule has 0 bridgehead atoms. The van der Waals surface area contributed by atoms with Crippen molar-refractivity contribution in [3.63, 3.8) is 0 Å². The maximum absolute atomic E-state index is 12.3. The van der Waals surface area contributed by atoms with Gasteiger partial charge in [0.25, 0.3) is 0 Å². The molecular formula is C17H17NO2. The van der Waals surface area contributed by atoms with Gasteiger partial charge < -0.3 is 10.4 Å². The van der Waals surface area contributed by atoms with Crippen LogP contribution in [0, 0.1) is 0 Å². The Morgan fingerprint density at radius 1 is 1.15 bits per heavy atom. The van der Waals surface area contributed by atoms with Crippen molar-refractivity contribution in [2.45, 2.75) is 18.4 Å². The van der Waals surface area contributed by atoms with Crippen LogP contribution in [-0.2, 0) is 11.2 Å². The zero-order valence-corrected chi connectivity index (χ0v) is 11.1. The molecule has 2 unspecified atom stereocenters. The fraction of sp³-hybridized carbons (Fsp3) is 0.235. The zero-order chi connectivity index (χ0) is 13.9. The minimum atomic E-state index is -0.337. The molecule has 1 aliphatic rings. The molecule has 3 heteroatoms. The van der Waals surface area contributed by atoms with Crippen LogP contribution in [0.3, 0.4) is 0 Å². The maximum atomic E-state index is 12.3. The van der Waals surface area contributed by atoms with Crippen LogP contribution in [0.4, 0.5) is 0 Å². The van der Waals surface area contributed by atoms with E-state index in [9.17, 15) is 9.90 Å². The second-order valence-electron chi connectivity index (χ2n) is 5.11. The molecule has 2 aromatic rings. The van der Waals surface area contributed by atoms with Gasteiger partial charge in [-0.05, 0) is 23.1 Å². The van der Waals surface area contributed by atoms with Gasteiger partial charge in [0.2, 0.25) is 5.91 Å². The Bertz CT molecular complexity index is 609. The van der Waals surface area contributed by atoms with Gasteiger partial charge in [0.05, 0.1) is 18.6 Å². The third kappa shape index (κ3) is 2.32. The van der Waals surface area contributed by atoms with Gasteiger partial charge in [0.1, 0.15) is 0 Å². The lowest BCUT2D eigenvalue weighted by Gasteiger charge is -2.30. The summed E-state index contributed by atoms with van der Waals surface area (Å²) in [5, 5.41) is 12.4. The molecule has 20 heavy (non-hydrogen) atoms. The number of benzene rings is 2. The lowest BCUT2D eigenvalue weighted by Crippen LogP contribution is -2.38. The quantitative estimate of drug-likeness (QED) is 0.892. The predicted molar refractivity (Wildman–Crippen MR) is 77.3 cm³/mol. The Balaban J connectivity index is 1.71. The van der Waals surface area contributed by atoms with Crippen LogP contribution in [0.2, 0.25) is 0 Å². The number of aliphatic hydroxyl groups excluding tert-OH is 1. The first kappa shape index (κ1) is 12.9. The van der Waals surface area contributed by atoms with Crippen molar-refractivity contribution in [1.82, 2.24) is 5.32 Å². The van der Waals surface area contributed by atoms with Crippen LogP contribution < -0.4 is 5.32 Å². The Kier molecular flexibility index (Phi) is 3.52. The molecule has 3 nitrogen and oxygen atoms in total. The highest BCUT2D eigenvalue weighted by atomic mass is 16.3. The average Bonchev–Trinajstić information content (AvgIpc) is 2.47. The molecule has 0 saturated carbocycles. The van der Waals surface area contributed by atoms with E-state index in [1.54, 1.807) is 0 Å². The van der Waals surface area contributed by atoms with Gasteiger partial charge in [-0.2, -0.15) is 0 Å². The fourth-order valence-corrected chi connectivity index (χ4v) is 2.68. The third-order valence-electron chi connectivity index (χ3n) is 3.87. The highest BCUT2D eigenvalue weighted by Gasteiger charge is 2.32. The van der Waals surface area contributed by atoms with Gasteiger partial charge in [-0.25, -0.2) is 0 Å². The summed E-state index contributed by atoms with van der Waals surface area (Å²) in [6.45, 7) is -0.0931. The minimum Gasteiger partial charge on any atom is -0.394 e. The number of carbonyl (C=O) groups is 1. The van der Waals surface area contributed by atoms with Gasteiger partial charge in [-0.3, -0.25) is 4.79 Å². The SMILES string of the molecule is O=C(NC(CO)c1ccccc1)C1Cc2ccccc21. The van der Waals surface area contributed by atoms with Crippen molar-refractivity contribution in [3.05, 3.63) is 71.3 Å². The first-order chi connectivity index (χ1) is 9.79. The van der Waals surface area contributed by atoms with Gasteiger partial charge in [-0.1, -0.05) is 54.6 Å². The molecule has 0 radical (unpaired) electrons. The van der Waals surface area contributed by atoms with E-state index in [0.29, 0.717) is 0 Å². The average molecular weight is 267 g/mol. The van der Waals surface area contributed by atoms with E-state index in [0.717, 1.165) is 17.5 Å². The molecule has 0 fully saturated rings. The van der Waals surface area contributed by atoms with Gasteiger partial charge in [0, 0.05) is 0 Å². The van der Waals surface area contributed by atoms with E-state index in [1.807, 2.05) is 48.5 Å².